The molecule has 1 aliphatic heterocycles. The van der Waals surface area contributed by atoms with Crippen LogP contribution >= 0.6 is 12.4 Å². The minimum Gasteiger partial charge on any atom is -0.485 e. The third-order valence-corrected chi connectivity index (χ3v) is 3.69. The number of piperidine rings is 1. The quantitative estimate of drug-likeness (QED) is 0.853. The molecule has 24 heavy (non-hydrogen) atoms. The highest BCUT2D eigenvalue weighted by molar-refractivity contribution is 5.97. The monoisotopic (exact) mass is 352 g/mol. The lowest BCUT2D eigenvalue weighted by Crippen LogP contribution is -2.45. The van der Waals surface area contributed by atoms with Gasteiger partial charge in [-0.05, 0) is 31.5 Å². The van der Waals surface area contributed by atoms with E-state index in [0.717, 1.165) is 25.9 Å². The highest BCUT2D eigenvalue weighted by atomic mass is 35.5. The van der Waals surface area contributed by atoms with Gasteiger partial charge in [-0.25, -0.2) is 0 Å². The molecule has 0 radical (unpaired) electrons. The van der Waals surface area contributed by atoms with Crippen LogP contribution in [0.25, 0.3) is 0 Å². The van der Waals surface area contributed by atoms with E-state index >= 15 is 0 Å². The number of benzene rings is 1. The number of carbonyl (C=O) groups is 1. The predicted octanol–water partition coefficient (Wildman–Crippen LogP) is 1.86. The van der Waals surface area contributed by atoms with E-state index in [4.69, 9.17) is 9.26 Å². The molecule has 2 aromatic rings. The van der Waals surface area contributed by atoms with E-state index in [1.54, 1.807) is 19.1 Å². The molecule has 8 heteroatoms. The number of nitrogens with one attached hydrogen (secondary N) is 2. The Morgan fingerprint density at radius 3 is 3.00 bits per heavy atom. The Labute approximate surface area is 146 Å². The lowest BCUT2D eigenvalue weighted by Gasteiger charge is -2.24. The van der Waals surface area contributed by atoms with Crippen LogP contribution in [-0.4, -0.2) is 35.2 Å². The van der Waals surface area contributed by atoms with Crippen LogP contribution in [0.2, 0.25) is 0 Å². The van der Waals surface area contributed by atoms with Gasteiger partial charge in [0.1, 0.15) is 5.75 Å². The van der Waals surface area contributed by atoms with Crippen LogP contribution in [0.1, 0.15) is 34.9 Å². The number of aromatic nitrogens is 2. The first-order valence-electron chi connectivity index (χ1n) is 7.75. The Bertz CT molecular complexity index is 671. The molecule has 0 bridgehead atoms. The molecule has 1 amide bonds. The van der Waals surface area contributed by atoms with Crippen molar-refractivity contribution in [3.63, 3.8) is 0 Å². The van der Waals surface area contributed by atoms with Crippen molar-refractivity contribution in [1.29, 1.82) is 0 Å². The van der Waals surface area contributed by atoms with Gasteiger partial charge in [-0.15, -0.1) is 12.4 Å². The molecule has 1 aliphatic rings. The number of nitrogens with zero attached hydrogens (tertiary/aromatic N) is 2. The zero-order valence-electron chi connectivity index (χ0n) is 13.4. The fourth-order valence-electron chi connectivity index (χ4n) is 2.56. The predicted molar refractivity (Wildman–Crippen MR) is 90.4 cm³/mol. The van der Waals surface area contributed by atoms with Crippen molar-refractivity contribution in [2.45, 2.75) is 32.4 Å². The molecule has 0 spiro atoms. The van der Waals surface area contributed by atoms with E-state index < -0.39 is 0 Å². The van der Waals surface area contributed by atoms with E-state index in [9.17, 15) is 4.79 Å². The molecule has 1 saturated heterocycles. The molecule has 2 N–H and O–H groups in total. The molecule has 0 saturated carbocycles. The van der Waals surface area contributed by atoms with Gasteiger partial charge in [0.25, 0.3) is 5.91 Å². The number of hydrogen-bond donors (Lipinski definition) is 2. The molecule has 0 aliphatic carbocycles. The summed E-state index contributed by atoms with van der Waals surface area (Å²) in [5.41, 5.74) is 0.512. The van der Waals surface area contributed by atoms with Crippen LogP contribution in [-0.2, 0) is 6.61 Å². The summed E-state index contributed by atoms with van der Waals surface area (Å²) in [5, 5.41) is 10.1. The van der Waals surface area contributed by atoms with Gasteiger partial charge in [-0.2, -0.15) is 4.98 Å². The summed E-state index contributed by atoms with van der Waals surface area (Å²) < 4.78 is 10.6. The Morgan fingerprint density at radius 1 is 1.46 bits per heavy atom. The maximum Gasteiger partial charge on any atom is 0.255 e. The summed E-state index contributed by atoms with van der Waals surface area (Å²) in [4.78, 5) is 16.6. The van der Waals surface area contributed by atoms with Gasteiger partial charge in [0.05, 0.1) is 5.56 Å². The first-order chi connectivity index (χ1) is 11.2. The van der Waals surface area contributed by atoms with Gasteiger partial charge in [0.2, 0.25) is 11.7 Å². The minimum absolute atomic E-state index is 0. The first-order valence-corrected chi connectivity index (χ1v) is 7.75. The van der Waals surface area contributed by atoms with Crippen LogP contribution < -0.4 is 15.4 Å². The standard InChI is InChI=1S/C16H20N4O3.ClH/c1-11-18-15(20-23-11)10-22-14-7-3-2-6-13(14)16(21)19-12-5-4-8-17-9-12;/h2-3,6-7,12,17H,4-5,8-10H2,1H3,(H,19,21);1H. The average molecular weight is 353 g/mol. The number of aryl methyl sites for hydroxylation is 1. The Hall–Kier alpha value is -2.12. The average Bonchev–Trinajstić information content (AvgIpc) is 2.99. The second-order valence-electron chi connectivity index (χ2n) is 5.53. The fraction of sp³-hybridized carbons (Fsp3) is 0.438. The molecule has 1 fully saturated rings. The number of amides is 1. The lowest BCUT2D eigenvalue weighted by atomic mass is 10.1. The normalized spacial score (nSPS) is 17.0. The van der Waals surface area contributed by atoms with E-state index in [1.165, 1.54) is 0 Å². The van der Waals surface area contributed by atoms with Gasteiger partial charge in [0, 0.05) is 19.5 Å². The van der Waals surface area contributed by atoms with E-state index in [2.05, 4.69) is 20.8 Å². The number of carbonyl (C=O) groups excluding carboxylic acids is 1. The molecular formula is C16H21ClN4O3. The summed E-state index contributed by atoms with van der Waals surface area (Å²) in [6.45, 7) is 3.69. The molecule has 1 aromatic heterocycles. The second-order valence-corrected chi connectivity index (χ2v) is 5.53. The highest BCUT2D eigenvalue weighted by Gasteiger charge is 2.19. The van der Waals surface area contributed by atoms with Gasteiger partial charge in [0.15, 0.2) is 6.61 Å². The maximum absolute atomic E-state index is 12.5. The van der Waals surface area contributed by atoms with Gasteiger partial charge in [-0.1, -0.05) is 17.3 Å². The summed E-state index contributed by atoms with van der Waals surface area (Å²) in [7, 11) is 0. The molecule has 7 nitrogen and oxygen atoms in total. The molecule has 1 atom stereocenters. The fourth-order valence-corrected chi connectivity index (χ4v) is 2.56. The van der Waals surface area contributed by atoms with Crippen molar-refractivity contribution in [2.24, 2.45) is 0 Å². The lowest BCUT2D eigenvalue weighted by molar-refractivity contribution is 0.0926. The smallest absolute Gasteiger partial charge is 0.255 e. The van der Waals surface area contributed by atoms with Gasteiger partial charge >= 0.3 is 0 Å². The molecule has 1 unspecified atom stereocenters. The molecule has 1 aromatic carbocycles. The van der Waals surface area contributed by atoms with Gasteiger partial charge in [-0.3, -0.25) is 4.79 Å². The summed E-state index contributed by atoms with van der Waals surface area (Å²) in [5.74, 6) is 1.32. The Morgan fingerprint density at radius 2 is 2.29 bits per heavy atom. The maximum atomic E-state index is 12.5. The van der Waals surface area contributed by atoms with Gasteiger partial charge < -0.3 is 19.9 Å². The van der Waals surface area contributed by atoms with Crippen molar-refractivity contribution in [3.8, 4) is 5.75 Å². The number of rotatable bonds is 5. The largest absolute Gasteiger partial charge is 0.485 e. The topological polar surface area (TPSA) is 89.3 Å². The van der Waals surface area contributed by atoms with E-state index in [-0.39, 0.29) is 31.0 Å². The summed E-state index contributed by atoms with van der Waals surface area (Å²) in [6, 6.07) is 7.32. The first kappa shape index (κ1) is 18.2. The number of para-hydroxylation sites is 1. The second kappa shape index (κ2) is 8.65. The molecular weight excluding hydrogens is 332 g/mol. The zero-order valence-corrected chi connectivity index (χ0v) is 14.3. The highest BCUT2D eigenvalue weighted by Crippen LogP contribution is 2.19. The van der Waals surface area contributed by atoms with Crippen molar-refractivity contribution >= 4 is 18.3 Å². The molecule has 3 rings (SSSR count). The van der Waals surface area contributed by atoms with Crippen LogP contribution in [0.4, 0.5) is 0 Å². The Balaban J connectivity index is 0.00000208. The van der Waals surface area contributed by atoms with Crippen LogP contribution in [0, 0.1) is 6.92 Å². The van der Waals surface area contributed by atoms with Crippen LogP contribution in [0.5, 0.6) is 5.75 Å². The SMILES string of the molecule is Cc1nc(COc2ccccc2C(=O)NC2CCCNC2)no1.Cl. The van der Waals surface area contributed by atoms with Crippen LogP contribution in [0.3, 0.4) is 0 Å². The van der Waals surface area contributed by atoms with Crippen LogP contribution in [0.15, 0.2) is 28.8 Å². The third kappa shape index (κ3) is 4.69. The van der Waals surface area contributed by atoms with Crippen molar-refractivity contribution < 1.29 is 14.1 Å². The van der Waals surface area contributed by atoms with Crippen molar-refractivity contribution in [2.75, 3.05) is 13.1 Å². The molecule has 130 valence electrons. The Kier molecular flexibility index (Phi) is 6.57. The number of halogens is 1. The van der Waals surface area contributed by atoms with E-state index in [0.29, 0.717) is 23.0 Å². The summed E-state index contributed by atoms with van der Waals surface area (Å²) >= 11 is 0. The minimum atomic E-state index is -0.126. The zero-order chi connectivity index (χ0) is 16.1. The van der Waals surface area contributed by atoms with Crippen molar-refractivity contribution in [3.05, 3.63) is 41.5 Å². The number of ether oxygens (including phenoxy) is 1. The summed E-state index contributed by atoms with van der Waals surface area (Å²) in [6.07, 6.45) is 2.06. The van der Waals surface area contributed by atoms with Crippen molar-refractivity contribution in [1.82, 2.24) is 20.8 Å². The number of hydrogen-bond acceptors (Lipinski definition) is 6. The third-order valence-electron chi connectivity index (χ3n) is 3.69. The van der Waals surface area contributed by atoms with E-state index in [1.807, 2.05) is 12.1 Å². The molecule has 2 heterocycles.